The zero-order chi connectivity index (χ0) is 13.9. The van der Waals surface area contributed by atoms with Gasteiger partial charge in [0.2, 0.25) is 0 Å². The van der Waals surface area contributed by atoms with Gasteiger partial charge in [-0.1, -0.05) is 36.2 Å². The van der Waals surface area contributed by atoms with Gasteiger partial charge in [0.25, 0.3) is 0 Å². The first kappa shape index (κ1) is 15.8. The van der Waals surface area contributed by atoms with Gasteiger partial charge in [0.15, 0.2) is 0 Å². The highest BCUT2D eigenvalue weighted by molar-refractivity contribution is 6.42. The second-order valence-corrected chi connectivity index (χ2v) is 6.02. The van der Waals surface area contributed by atoms with E-state index in [1.807, 2.05) is 18.2 Å². The maximum absolute atomic E-state index is 6.08. The third-order valence-electron chi connectivity index (χ3n) is 3.84. The van der Waals surface area contributed by atoms with E-state index in [0.717, 1.165) is 12.0 Å². The van der Waals surface area contributed by atoms with Crippen molar-refractivity contribution in [3.05, 3.63) is 33.8 Å². The Kier molecular flexibility index (Phi) is 5.47. The SMILES string of the molecule is CCC(C)(C)N(C)C(CN)c1ccc(Cl)c(Cl)c1. The highest BCUT2D eigenvalue weighted by Gasteiger charge is 2.28. The minimum atomic E-state index is 0.0934. The molecule has 0 heterocycles. The smallest absolute Gasteiger partial charge is 0.0595 e. The summed E-state index contributed by atoms with van der Waals surface area (Å²) in [5.74, 6) is 0. The Morgan fingerprint density at radius 3 is 2.33 bits per heavy atom. The summed E-state index contributed by atoms with van der Waals surface area (Å²) in [6.07, 6.45) is 1.06. The molecule has 0 aliphatic carbocycles. The van der Waals surface area contributed by atoms with Gasteiger partial charge in [0, 0.05) is 18.1 Å². The van der Waals surface area contributed by atoms with Crippen LogP contribution in [0.3, 0.4) is 0 Å². The predicted molar refractivity (Wildman–Crippen MR) is 80.4 cm³/mol. The third kappa shape index (κ3) is 3.39. The second kappa shape index (κ2) is 6.25. The Labute approximate surface area is 120 Å². The largest absolute Gasteiger partial charge is 0.329 e. The van der Waals surface area contributed by atoms with Gasteiger partial charge >= 0.3 is 0 Å². The van der Waals surface area contributed by atoms with Crippen molar-refractivity contribution in [2.75, 3.05) is 13.6 Å². The van der Waals surface area contributed by atoms with Crippen LogP contribution in [0.25, 0.3) is 0 Å². The molecule has 2 nitrogen and oxygen atoms in total. The molecule has 102 valence electrons. The lowest BCUT2D eigenvalue weighted by molar-refractivity contribution is 0.100. The monoisotopic (exact) mass is 288 g/mol. The number of rotatable bonds is 5. The standard InChI is InChI=1S/C14H22Cl2N2/c1-5-14(2,3)18(4)13(9-17)10-6-7-11(15)12(16)8-10/h6-8,13H,5,9,17H2,1-4H3. The molecule has 18 heavy (non-hydrogen) atoms. The lowest BCUT2D eigenvalue weighted by atomic mass is 9.95. The quantitative estimate of drug-likeness (QED) is 0.883. The van der Waals surface area contributed by atoms with Crippen LogP contribution in [0.5, 0.6) is 0 Å². The molecule has 1 rings (SSSR count). The van der Waals surface area contributed by atoms with E-state index in [1.54, 1.807) is 0 Å². The van der Waals surface area contributed by atoms with E-state index in [-0.39, 0.29) is 11.6 Å². The summed E-state index contributed by atoms with van der Waals surface area (Å²) in [6, 6.07) is 5.88. The van der Waals surface area contributed by atoms with E-state index in [0.29, 0.717) is 16.6 Å². The summed E-state index contributed by atoms with van der Waals surface area (Å²) < 4.78 is 0. The van der Waals surface area contributed by atoms with Gasteiger partial charge in [-0.05, 0) is 45.0 Å². The second-order valence-electron chi connectivity index (χ2n) is 5.20. The Morgan fingerprint density at radius 1 is 1.28 bits per heavy atom. The Hall–Kier alpha value is -0.280. The normalized spacial score (nSPS) is 14.0. The molecule has 4 heteroatoms. The molecule has 0 radical (unpaired) electrons. The van der Waals surface area contributed by atoms with Gasteiger partial charge < -0.3 is 5.73 Å². The van der Waals surface area contributed by atoms with Crippen molar-refractivity contribution in [1.82, 2.24) is 4.90 Å². The van der Waals surface area contributed by atoms with Gasteiger partial charge in [-0.2, -0.15) is 0 Å². The maximum atomic E-state index is 6.08. The topological polar surface area (TPSA) is 29.3 Å². The van der Waals surface area contributed by atoms with E-state index < -0.39 is 0 Å². The third-order valence-corrected chi connectivity index (χ3v) is 4.58. The number of likely N-dealkylation sites (N-methyl/N-ethyl adjacent to an activating group) is 1. The molecule has 0 aliphatic rings. The summed E-state index contributed by atoms with van der Waals surface area (Å²) in [7, 11) is 2.10. The van der Waals surface area contributed by atoms with E-state index in [9.17, 15) is 0 Å². The van der Waals surface area contributed by atoms with Gasteiger partial charge in [-0.15, -0.1) is 0 Å². The molecule has 0 saturated heterocycles. The Morgan fingerprint density at radius 2 is 1.89 bits per heavy atom. The van der Waals surface area contributed by atoms with Crippen molar-refractivity contribution in [2.45, 2.75) is 38.8 Å². The molecule has 1 unspecified atom stereocenters. The van der Waals surface area contributed by atoms with Crippen LogP contribution in [0.2, 0.25) is 10.0 Å². The number of nitrogens with two attached hydrogens (primary N) is 1. The van der Waals surface area contributed by atoms with Crippen LogP contribution >= 0.6 is 23.2 Å². The molecule has 0 spiro atoms. The van der Waals surface area contributed by atoms with E-state index in [1.165, 1.54) is 0 Å². The van der Waals surface area contributed by atoms with Crippen LogP contribution in [0.4, 0.5) is 0 Å². The lowest BCUT2D eigenvalue weighted by Gasteiger charge is -2.40. The van der Waals surface area contributed by atoms with Crippen molar-refractivity contribution < 1.29 is 0 Å². The molecule has 1 aromatic carbocycles. The fraction of sp³-hybridized carbons (Fsp3) is 0.571. The minimum Gasteiger partial charge on any atom is -0.329 e. The Balaban J connectivity index is 3.06. The fourth-order valence-electron chi connectivity index (χ4n) is 1.91. The van der Waals surface area contributed by atoms with Gasteiger partial charge in [0.05, 0.1) is 10.0 Å². The van der Waals surface area contributed by atoms with Gasteiger partial charge in [-0.25, -0.2) is 0 Å². The van der Waals surface area contributed by atoms with Crippen LogP contribution in [0, 0.1) is 0 Å². The fourth-order valence-corrected chi connectivity index (χ4v) is 2.22. The van der Waals surface area contributed by atoms with Gasteiger partial charge in [0.1, 0.15) is 0 Å². The van der Waals surface area contributed by atoms with E-state index >= 15 is 0 Å². The molecule has 0 aliphatic heterocycles. The average Bonchev–Trinajstić information content (AvgIpc) is 2.34. The summed E-state index contributed by atoms with van der Waals surface area (Å²) in [4.78, 5) is 2.30. The molecule has 0 fully saturated rings. The number of hydrogen-bond acceptors (Lipinski definition) is 2. The van der Waals surface area contributed by atoms with Crippen molar-refractivity contribution in [2.24, 2.45) is 5.73 Å². The van der Waals surface area contributed by atoms with Crippen LogP contribution in [-0.2, 0) is 0 Å². The molecule has 1 atom stereocenters. The van der Waals surface area contributed by atoms with Crippen molar-refractivity contribution in [3.63, 3.8) is 0 Å². The van der Waals surface area contributed by atoms with Crippen LogP contribution in [0.1, 0.15) is 38.8 Å². The van der Waals surface area contributed by atoms with Crippen LogP contribution in [-0.4, -0.2) is 24.0 Å². The molecule has 0 bridgehead atoms. The number of nitrogens with zero attached hydrogens (tertiary/aromatic N) is 1. The highest BCUT2D eigenvalue weighted by atomic mass is 35.5. The molecular weight excluding hydrogens is 267 g/mol. The van der Waals surface area contributed by atoms with Crippen molar-refractivity contribution in [1.29, 1.82) is 0 Å². The van der Waals surface area contributed by atoms with Crippen molar-refractivity contribution in [3.8, 4) is 0 Å². The molecular formula is C14H22Cl2N2. The first-order valence-corrected chi connectivity index (χ1v) is 6.97. The maximum Gasteiger partial charge on any atom is 0.0595 e. The summed E-state index contributed by atoms with van der Waals surface area (Å²) in [5, 5.41) is 1.16. The van der Waals surface area contributed by atoms with Crippen LogP contribution < -0.4 is 5.73 Å². The predicted octanol–water partition coefficient (Wildman–Crippen LogP) is 4.11. The zero-order valence-electron chi connectivity index (χ0n) is 11.5. The minimum absolute atomic E-state index is 0.0934. The number of benzene rings is 1. The average molecular weight is 289 g/mol. The first-order valence-electron chi connectivity index (χ1n) is 6.21. The number of halogens is 2. The molecule has 1 aromatic rings. The van der Waals surface area contributed by atoms with Gasteiger partial charge in [-0.3, -0.25) is 4.90 Å². The summed E-state index contributed by atoms with van der Waals surface area (Å²) in [6.45, 7) is 7.16. The Bertz CT molecular complexity index is 405. The van der Waals surface area contributed by atoms with Crippen LogP contribution in [0.15, 0.2) is 18.2 Å². The summed E-state index contributed by atoms with van der Waals surface area (Å²) >= 11 is 12.0. The molecule has 0 amide bonds. The molecule has 2 N–H and O–H groups in total. The highest BCUT2D eigenvalue weighted by Crippen LogP contribution is 2.31. The van der Waals surface area contributed by atoms with E-state index in [2.05, 4.69) is 32.7 Å². The lowest BCUT2D eigenvalue weighted by Crippen LogP contribution is -2.45. The van der Waals surface area contributed by atoms with E-state index in [4.69, 9.17) is 28.9 Å². The molecule has 0 saturated carbocycles. The first-order chi connectivity index (χ1) is 8.33. The summed E-state index contributed by atoms with van der Waals surface area (Å²) in [5.41, 5.74) is 7.13. The molecule has 0 aromatic heterocycles. The van der Waals surface area contributed by atoms with Crippen molar-refractivity contribution >= 4 is 23.2 Å². The zero-order valence-corrected chi connectivity index (χ0v) is 13.0. The number of hydrogen-bond donors (Lipinski definition) is 1.